The summed E-state index contributed by atoms with van der Waals surface area (Å²) >= 11 is 0. The van der Waals surface area contributed by atoms with Gasteiger partial charge in [-0.2, -0.15) is 0 Å². The summed E-state index contributed by atoms with van der Waals surface area (Å²) in [5.41, 5.74) is -0.387. The summed E-state index contributed by atoms with van der Waals surface area (Å²) in [5, 5.41) is 12.9. The molecule has 2 atom stereocenters. The summed E-state index contributed by atoms with van der Waals surface area (Å²) in [4.78, 5) is 0. The van der Waals surface area contributed by atoms with E-state index in [1.807, 2.05) is 105 Å². The lowest BCUT2D eigenvalue weighted by Crippen LogP contribution is -2.44. The molecule has 0 saturated heterocycles. The molecule has 27 heavy (non-hydrogen) atoms. The van der Waals surface area contributed by atoms with Crippen molar-refractivity contribution in [2.24, 2.45) is 0 Å². The van der Waals surface area contributed by atoms with Crippen LogP contribution in [0.2, 0.25) is 0 Å². The fourth-order valence-electron chi connectivity index (χ4n) is 3.62. The Morgan fingerprint density at radius 2 is 1.22 bits per heavy atom. The van der Waals surface area contributed by atoms with Crippen LogP contribution in [0.15, 0.2) is 91.0 Å². The molecule has 0 fully saturated rings. The molecule has 0 aliphatic rings. The zero-order chi connectivity index (χ0) is 19.3. The highest BCUT2D eigenvalue weighted by molar-refractivity contribution is 7.79. The highest BCUT2D eigenvalue weighted by Crippen LogP contribution is 2.54. The maximum Gasteiger partial charge on any atom is 0.149 e. The standard InChI is InChI=1S/C24H27O2P/c1-3-24(2,25)23(19-20-13-7-4-8-14-20)27(26,21-15-9-5-10-16-21)22-17-11-6-12-18-22/h4-18,23,25H,3,19H2,1-2H3/t23-,24+/m1/s1. The number of hydrogen-bond donors (Lipinski definition) is 1. The van der Waals surface area contributed by atoms with Gasteiger partial charge in [-0.1, -0.05) is 97.9 Å². The van der Waals surface area contributed by atoms with Gasteiger partial charge in [-0.3, -0.25) is 0 Å². The highest BCUT2D eigenvalue weighted by atomic mass is 31.2. The Morgan fingerprint density at radius 3 is 1.63 bits per heavy atom. The topological polar surface area (TPSA) is 37.3 Å². The highest BCUT2D eigenvalue weighted by Gasteiger charge is 2.46. The molecular weight excluding hydrogens is 351 g/mol. The molecule has 140 valence electrons. The second kappa shape index (κ2) is 8.25. The van der Waals surface area contributed by atoms with Crippen molar-refractivity contribution in [3.8, 4) is 0 Å². The molecule has 3 heteroatoms. The maximum atomic E-state index is 14.8. The van der Waals surface area contributed by atoms with Crippen molar-refractivity contribution >= 4 is 17.8 Å². The molecule has 0 radical (unpaired) electrons. The fraction of sp³-hybridized carbons (Fsp3) is 0.250. The van der Waals surface area contributed by atoms with Crippen molar-refractivity contribution in [1.82, 2.24) is 0 Å². The smallest absolute Gasteiger partial charge is 0.149 e. The maximum absolute atomic E-state index is 14.8. The van der Waals surface area contributed by atoms with Gasteiger partial charge in [0.15, 0.2) is 0 Å². The normalized spacial score (nSPS) is 15.1. The van der Waals surface area contributed by atoms with E-state index in [-0.39, 0.29) is 0 Å². The zero-order valence-corrected chi connectivity index (χ0v) is 16.8. The third-order valence-corrected chi connectivity index (χ3v) is 9.17. The zero-order valence-electron chi connectivity index (χ0n) is 16.0. The van der Waals surface area contributed by atoms with Gasteiger partial charge < -0.3 is 9.67 Å². The van der Waals surface area contributed by atoms with E-state index >= 15 is 0 Å². The molecule has 0 saturated carbocycles. The van der Waals surface area contributed by atoms with Gasteiger partial charge in [0.05, 0.1) is 11.3 Å². The van der Waals surface area contributed by atoms with Crippen LogP contribution in [0.1, 0.15) is 25.8 Å². The fourth-order valence-corrected chi connectivity index (χ4v) is 7.30. The third kappa shape index (κ3) is 4.08. The van der Waals surface area contributed by atoms with Crippen LogP contribution < -0.4 is 10.6 Å². The first-order chi connectivity index (χ1) is 13.0. The summed E-state index contributed by atoms with van der Waals surface area (Å²) in [6.07, 6.45) is 1.09. The first kappa shape index (κ1) is 19.6. The predicted molar refractivity (Wildman–Crippen MR) is 115 cm³/mol. The quantitative estimate of drug-likeness (QED) is 0.601. The molecule has 1 N–H and O–H groups in total. The van der Waals surface area contributed by atoms with E-state index in [1.54, 1.807) is 0 Å². The van der Waals surface area contributed by atoms with Crippen LogP contribution in [0.25, 0.3) is 0 Å². The van der Waals surface area contributed by atoms with Crippen LogP contribution in [-0.4, -0.2) is 16.4 Å². The van der Waals surface area contributed by atoms with Crippen LogP contribution in [0, 0.1) is 0 Å². The Labute approximate surface area is 162 Å². The summed E-state index contributed by atoms with van der Waals surface area (Å²) in [7, 11) is -3.09. The van der Waals surface area contributed by atoms with Gasteiger partial charge in [0.1, 0.15) is 7.14 Å². The molecule has 2 nitrogen and oxygen atoms in total. The van der Waals surface area contributed by atoms with Crippen molar-refractivity contribution in [2.45, 2.75) is 37.9 Å². The van der Waals surface area contributed by atoms with E-state index in [0.717, 1.165) is 16.2 Å². The van der Waals surface area contributed by atoms with E-state index in [1.165, 1.54) is 0 Å². The Morgan fingerprint density at radius 1 is 0.815 bits per heavy atom. The van der Waals surface area contributed by atoms with Crippen LogP contribution in [0.5, 0.6) is 0 Å². The summed E-state index contributed by atoms with van der Waals surface area (Å²) in [6.45, 7) is 3.78. The molecule has 0 aromatic heterocycles. The van der Waals surface area contributed by atoms with E-state index in [2.05, 4.69) is 0 Å². The van der Waals surface area contributed by atoms with Gasteiger partial charge in [-0.05, 0) is 25.3 Å². The third-order valence-electron chi connectivity index (χ3n) is 5.42. The number of aliphatic hydroxyl groups is 1. The number of rotatable bonds is 7. The van der Waals surface area contributed by atoms with E-state index in [0.29, 0.717) is 12.8 Å². The second-order valence-corrected chi connectivity index (χ2v) is 10.2. The minimum Gasteiger partial charge on any atom is -0.389 e. The van der Waals surface area contributed by atoms with Gasteiger partial charge >= 0.3 is 0 Å². The molecular formula is C24H27O2P. The molecule has 0 unspecified atom stereocenters. The molecule has 0 aliphatic heterocycles. The molecule has 0 amide bonds. The van der Waals surface area contributed by atoms with Crippen molar-refractivity contribution in [3.05, 3.63) is 96.6 Å². The average molecular weight is 378 g/mol. The minimum atomic E-state index is -3.09. The molecule has 0 bridgehead atoms. The van der Waals surface area contributed by atoms with Gasteiger partial charge in [0.2, 0.25) is 0 Å². The lowest BCUT2D eigenvalue weighted by molar-refractivity contribution is 0.0508. The molecule has 3 rings (SSSR count). The first-order valence-electron chi connectivity index (χ1n) is 9.45. The molecule has 0 spiro atoms. The van der Waals surface area contributed by atoms with Crippen molar-refractivity contribution in [3.63, 3.8) is 0 Å². The first-order valence-corrected chi connectivity index (χ1v) is 11.2. The van der Waals surface area contributed by atoms with Crippen LogP contribution in [-0.2, 0) is 11.0 Å². The van der Waals surface area contributed by atoms with Crippen molar-refractivity contribution < 1.29 is 9.67 Å². The summed E-state index contributed by atoms with van der Waals surface area (Å²) < 4.78 is 14.8. The Kier molecular flexibility index (Phi) is 5.99. The molecule has 3 aromatic carbocycles. The Bertz CT molecular complexity index is 846. The van der Waals surface area contributed by atoms with Gasteiger partial charge in [0.25, 0.3) is 0 Å². The van der Waals surface area contributed by atoms with Gasteiger partial charge in [0, 0.05) is 10.6 Å². The Hall–Kier alpha value is -2.15. The van der Waals surface area contributed by atoms with E-state index in [9.17, 15) is 9.67 Å². The lowest BCUT2D eigenvalue weighted by atomic mass is 9.93. The Balaban J connectivity index is 2.21. The van der Waals surface area contributed by atoms with Gasteiger partial charge in [-0.15, -0.1) is 0 Å². The van der Waals surface area contributed by atoms with E-state index < -0.39 is 18.4 Å². The van der Waals surface area contributed by atoms with Crippen LogP contribution >= 0.6 is 7.14 Å². The average Bonchev–Trinajstić information content (AvgIpc) is 2.73. The number of benzene rings is 3. The minimum absolute atomic E-state index is 0.415. The summed E-state index contributed by atoms with van der Waals surface area (Å²) in [6, 6.07) is 29.3. The predicted octanol–water partition coefficient (Wildman–Crippen LogP) is 4.77. The lowest BCUT2D eigenvalue weighted by Gasteiger charge is -2.38. The molecule has 0 heterocycles. The van der Waals surface area contributed by atoms with Crippen LogP contribution in [0.3, 0.4) is 0 Å². The number of hydrogen-bond acceptors (Lipinski definition) is 2. The molecule has 3 aromatic rings. The summed E-state index contributed by atoms with van der Waals surface area (Å²) in [5.74, 6) is 0. The van der Waals surface area contributed by atoms with Crippen molar-refractivity contribution in [2.75, 3.05) is 0 Å². The monoisotopic (exact) mass is 378 g/mol. The molecule has 0 aliphatic carbocycles. The van der Waals surface area contributed by atoms with Gasteiger partial charge in [-0.25, -0.2) is 0 Å². The van der Waals surface area contributed by atoms with Crippen LogP contribution in [0.4, 0.5) is 0 Å². The largest absolute Gasteiger partial charge is 0.389 e. The van der Waals surface area contributed by atoms with Crippen molar-refractivity contribution in [1.29, 1.82) is 0 Å². The SMILES string of the molecule is CC[C@](C)(O)[C@@H](Cc1ccccc1)P(=O)(c1ccccc1)c1ccccc1. The second-order valence-electron chi connectivity index (χ2n) is 7.25. The van der Waals surface area contributed by atoms with E-state index in [4.69, 9.17) is 0 Å².